The van der Waals surface area contributed by atoms with Gasteiger partial charge in [0, 0.05) is 6.54 Å². The molecule has 1 atom stereocenters. The molecule has 17 heavy (non-hydrogen) atoms. The standard InChI is InChI=1S/C10H22N2O.2C2H6/c1-4-12(5-2)10(9-13)6-7-11(3)8-10;2*1-2/h13H,4-9H2,1-3H3;2*1-2H3. The van der Waals surface area contributed by atoms with Crippen LogP contribution in [0, 0.1) is 0 Å². The summed E-state index contributed by atoms with van der Waals surface area (Å²) in [6.45, 7) is 16.8. The summed E-state index contributed by atoms with van der Waals surface area (Å²) in [4.78, 5) is 4.69. The monoisotopic (exact) mass is 246 g/mol. The number of nitrogens with zero attached hydrogens (tertiary/aromatic N) is 2. The van der Waals surface area contributed by atoms with Crippen LogP contribution in [0.2, 0.25) is 0 Å². The zero-order valence-electron chi connectivity index (χ0n) is 13.1. The molecule has 1 heterocycles. The number of likely N-dealkylation sites (N-methyl/N-ethyl adjacent to an activating group) is 2. The minimum Gasteiger partial charge on any atom is -0.394 e. The van der Waals surface area contributed by atoms with Crippen molar-refractivity contribution in [1.29, 1.82) is 0 Å². The van der Waals surface area contributed by atoms with Crippen LogP contribution in [-0.2, 0) is 0 Å². The maximum absolute atomic E-state index is 9.50. The van der Waals surface area contributed by atoms with Crippen LogP contribution >= 0.6 is 0 Å². The van der Waals surface area contributed by atoms with Crippen molar-refractivity contribution in [3.63, 3.8) is 0 Å². The van der Waals surface area contributed by atoms with Crippen LogP contribution in [0.1, 0.15) is 48.0 Å². The zero-order valence-corrected chi connectivity index (χ0v) is 13.1. The molecule has 3 heteroatoms. The molecular formula is C14H34N2O. The van der Waals surface area contributed by atoms with E-state index in [0.717, 1.165) is 32.6 Å². The van der Waals surface area contributed by atoms with Gasteiger partial charge in [0.15, 0.2) is 0 Å². The number of aliphatic hydroxyl groups is 1. The summed E-state index contributed by atoms with van der Waals surface area (Å²) in [6, 6.07) is 0. The Labute approximate surface area is 109 Å². The van der Waals surface area contributed by atoms with Crippen LogP contribution < -0.4 is 0 Å². The number of rotatable bonds is 4. The highest BCUT2D eigenvalue weighted by Crippen LogP contribution is 2.26. The Morgan fingerprint density at radius 1 is 1.12 bits per heavy atom. The van der Waals surface area contributed by atoms with Gasteiger partial charge in [-0.05, 0) is 33.1 Å². The van der Waals surface area contributed by atoms with E-state index < -0.39 is 0 Å². The molecule has 0 spiro atoms. The summed E-state index contributed by atoms with van der Waals surface area (Å²) in [6.07, 6.45) is 1.10. The summed E-state index contributed by atoms with van der Waals surface area (Å²) in [5, 5.41) is 9.50. The van der Waals surface area contributed by atoms with Gasteiger partial charge in [0.25, 0.3) is 0 Å². The molecule has 0 aromatic carbocycles. The van der Waals surface area contributed by atoms with E-state index in [1.165, 1.54) is 0 Å². The predicted molar refractivity (Wildman–Crippen MR) is 77.5 cm³/mol. The van der Waals surface area contributed by atoms with Gasteiger partial charge in [-0.3, -0.25) is 4.90 Å². The van der Waals surface area contributed by atoms with Crippen LogP contribution in [0.4, 0.5) is 0 Å². The quantitative estimate of drug-likeness (QED) is 0.825. The Hall–Kier alpha value is -0.120. The van der Waals surface area contributed by atoms with E-state index in [1.807, 2.05) is 27.7 Å². The molecule has 0 aliphatic carbocycles. The molecule has 0 bridgehead atoms. The van der Waals surface area contributed by atoms with Crippen molar-refractivity contribution in [1.82, 2.24) is 9.80 Å². The van der Waals surface area contributed by atoms with Gasteiger partial charge in [-0.2, -0.15) is 0 Å². The average molecular weight is 246 g/mol. The first-order valence-electron chi connectivity index (χ1n) is 7.23. The third-order valence-electron chi connectivity index (χ3n) is 3.25. The normalized spacial score (nSPS) is 23.8. The maximum atomic E-state index is 9.50. The van der Waals surface area contributed by atoms with Crippen molar-refractivity contribution in [2.75, 3.05) is 39.8 Å². The Morgan fingerprint density at radius 2 is 1.59 bits per heavy atom. The van der Waals surface area contributed by atoms with Gasteiger partial charge in [0.1, 0.15) is 0 Å². The fourth-order valence-electron chi connectivity index (χ4n) is 2.44. The van der Waals surface area contributed by atoms with Crippen molar-refractivity contribution in [3.05, 3.63) is 0 Å². The summed E-state index contributed by atoms with van der Waals surface area (Å²) in [5.41, 5.74) is 0.0399. The van der Waals surface area contributed by atoms with E-state index in [4.69, 9.17) is 0 Å². The van der Waals surface area contributed by atoms with E-state index >= 15 is 0 Å². The van der Waals surface area contributed by atoms with Crippen LogP contribution in [0.3, 0.4) is 0 Å². The summed E-state index contributed by atoms with van der Waals surface area (Å²) >= 11 is 0. The Balaban J connectivity index is 0. The molecular weight excluding hydrogens is 212 g/mol. The lowest BCUT2D eigenvalue weighted by Gasteiger charge is -2.38. The second kappa shape index (κ2) is 11.0. The van der Waals surface area contributed by atoms with E-state index in [0.29, 0.717) is 6.61 Å². The Morgan fingerprint density at radius 3 is 1.82 bits per heavy atom. The highest BCUT2D eigenvalue weighted by Gasteiger charge is 2.39. The highest BCUT2D eigenvalue weighted by molar-refractivity contribution is 4.97. The van der Waals surface area contributed by atoms with Gasteiger partial charge in [0.2, 0.25) is 0 Å². The lowest BCUT2D eigenvalue weighted by molar-refractivity contribution is 0.0449. The minimum atomic E-state index is 0.0399. The molecule has 106 valence electrons. The zero-order chi connectivity index (χ0) is 13.9. The lowest BCUT2D eigenvalue weighted by atomic mass is 9.97. The average Bonchev–Trinajstić information content (AvgIpc) is 2.79. The third-order valence-corrected chi connectivity index (χ3v) is 3.25. The van der Waals surface area contributed by atoms with Crippen LogP contribution in [-0.4, -0.2) is 60.3 Å². The number of hydrogen-bond acceptors (Lipinski definition) is 3. The largest absolute Gasteiger partial charge is 0.394 e. The Kier molecular flexibility index (Phi) is 12.4. The van der Waals surface area contributed by atoms with Crippen molar-refractivity contribution in [2.45, 2.75) is 53.5 Å². The smallest absolute Gasteiger partial charge is 0.0628 e. The molecule has 0 aromatic rings. The van der Waals surface area contributed by atoms with Crippen LogP contribution in [0.25, 0.3) is 0 Å². The van der Waals surface area contributed by atoms with Gasteiger partial charge < -0.3 is 10.0 Å². The molecule has 3 nitrogen and oxygen atoms in total. The molecule has 1 unspecified atom stereocenters. The van der Waals surface area contributed by atoms with Crippen molar-refractivity contribution >= 4 is 0 Å². The van der Waals surface area contributed by atoms with E-state index in [1.54, 1.807) is 0 Å². The van der Waals surface area contributed by atoms with Gasteiger partial charge in [0.05, 0.1) is 12.1 Å². The second-order valence-electron chi connectivity index (χ2n) is 4.04. The van der Waals surface area contributed by atoms with E-state index in [9.17, 15) is 5.11 Å². The molecule has 0 radical (unpaired) electrons. The van der Waals surface area contributed by atoms with Gasteiger partial charge >= 0.3 is 0 Å². The van der Waals surface area contributed by atoms with Crippen molar-refractivity contribution in [2.24, 2.45) is 0 Å². The van der Waals surface area contributed by atoms with Gasteiger partial charge in [-0.15, -0.1) is 0 Å². The molecule has 1 aliphatic heterocycles. The molecule has 1 rings (SSSR count). The minimum absolute atomic E-state index is 0.0399. The highest BCUT2D eigenvalue weighted by atomic mass is 16.3. The fourth-order valence-corrected chi connectivity index (χ4v) is 2.44. The summed E-state index contributed by atoms with van der Waals surface area (Å²) < 4.78 is 0. The summed E-state index contributed by atoms with van der Waals surface area (Å²) in [5.74, 6) is 0. The van der Waals surface area contributed by atoms with Gasteiger partial charge in [-0.25, -0.2) is 0 Å². The first-order valence-corrected chi connectivity index (χ1v) is 7.23. The van der Waals surface area contributed by atoms with E-state index in [2.05, 4.69) is 30.7 Å². The number of hydrogen-bond donors (Lipinski definition) is 1. The lowest BCUT2D eigenvalue weighted by Crippen LogP contribution is -2.53. The van der Waals surface area contributed by atoms with Crippen molar-refractivity contribution < 1.29 is 5.11 Å². The SMILES string of the molecule is CC.CC.CCN(CC)C1(CO)CCN(C)C1. The van der Waals surface area contributed by atoms with Crippen LogP contribution in [0.15, 0.2) is 0 Å². The Bertz CT molecular complexity index is 160. The summed E-state index contributed by atoms with van der Waals surface area (Å²) in [7, 11) is 2.13. The molecule has 1 aliphatic rings. The predicted octanol–water partition coefficient (Wildman–Crippen LogP) is 2.45. The van der Waals surface area contributed by atoms with Gasteiger partial charge in [-0.1, -0.05) is 41.5 Å². The topological polar surface area (TPSA) is 26.7 Å². The molecule has 1 saturated heterocycles. The molecule has 1 fully saturated rings. The number of aliphatic hydroxyl groups excluding tert-OH is 1. The first-order chi connectivity index (χ1) is 8.18. The molecule has 0 amide bonds. The fraction of sp³-hybridized carbons (Fsp3) is 1.00. The third kappa shape index (κ3) is 5.36. The molecule has 0 aromatic heterocycles. The molecule has 0 saturated carbocycles. The first kappa shape index (κ1) is 19.2. The molecule has 1 N–H and O–H groups in total. The maximum Gasteiger partial charge on any atom is 0.0628 e. The van der Waals surface area contributed by atoms with E-state index in [-0.39, 0.29) is 5.54 Å². The second-order valence-corrected chi connectivity index (χ2v) is 4.04. The van der Waals surface area contributed by atoms with Crippen LogP contribution in [0.5, 0.6) is 0 Å². The number of likely N-dealkylation sites (tertiary alicyclic amines) is 1. The van der Waals surface area contributed by atoms with Crippen molar-refractivity contribution in [3.8, 4) is 0 Å².